The van der Waals surface area contributed by atoms with Crippen molar-refractivity contribution in [3.63, 3.8) is 0 Å². The molecule has 19 heavy (non-hydrogen) atoms. The number of likely N-dealkylation sites (tertiary alicyclic amines) is 1. The molecule has 0 bridgehead atoms. The van der Waals surface area contributed by atoms with Crippen LogP contribution in [-0.4, -0.2) is 44.4 Å². The molecule has 1 fully saturated rings. The van der Waals surface area contributed by atoms with Crippen LogP contribution < -0.4 is 0 Å². The molecule has 1 saturated heterocycles. The number of aromatic nitrogens is 2. The number of carbonyl (C=O) groups excluding carboxylic acids is 1. The summed E-state index contributed by atoms with van der Waals surface area (Å²) in [5, 5.41) is 14.0. The summed E-state index contributed by atoms with van der Waals surface area (Å²) in [7, 11) is 0. The van der Waals surface area contributed by atoms with Gasteiger partial charge in [-0.25, -0.2) is 0 Å². The van der Waals surface area contributed by atoms with Crippen LogP contribution in [0.3, 0.4) is 0 Å². The fourth-order valence-electron chi connectivity index (χ4n) is 2.90. The SMILES string of the molecule is Cc1cc(C)n(C(C)CC(=O)N2CC(O)CC2C)n1. The summed E-state index contributed by atoms with van der Waals surface area (Å²) in [5.74, 6) is 0.101. The number of rotatable bonds is 3. The van der Waals surface area contributed by atoms with Crippen LogP contribution in [0.15, 0.2) is 6.07 Å². The van der Waals surface area contributed by atoms with Gasteiger partial charge in [-0.3, -0.25) is 9.48 Å². The molecular formula is C14H23N3O2. The second kappa shape index (κ2) is 5.33. The third kappa shape index (κ3) is 2.97. The molecule has 2 heterocycles. The molecule has 0 aliphatic carbocycles. The molecule has 2 rings (SSSR count). The van der Waals surface area contributed by atoms with Gasteiger partial charge in [-0.05, 0) is 40.2 Å². The van der Waals surface area contributed by atoms with Gasteiger partial charge in [-0.15, -0.1) is 0 Å². The summed E-state index contributed by atoms with van der Waals surface area (Å²) in [4.78, 5) is 14.1. The van der Waals surface area contributed by atoms with Crippen molar-refractivity contribution in [1.29, 1.82) is 0 Å². The molecule has 3 atom stereocenters. The van der Waals surface area contributed by atoms with Gasteiger partial charge in [0.05, 0.1) is 17.8 Å². The highest BCUT2D eigenvalue weighted by Gasteiger charge is 2.31. The molecule has 0 saturated carbocycles. The highest BCUT2D eigenvalue weighted by Crippen LogP contribution is 2.21. The van der Waals surface area contributed by atoms with Crippen molar-refractivity contribution in [3.05, 3.63) is 17.5 Å². The Kier molecular flexibility index (Phi) is 3.94. The average molecular weight is 265 g/mol. The molecule has 0 radical (unpaired) electrons. The van der Waals surface area contributed by atoms with E-state index < -0.39 is 0 Å². The minimum atomic E-state index is -0.372. The molecule has 1 aromatic rings. The Morgan fingerprint density at radius 1 is 1.58 bits per heavy atom. The normalized spacial score (nSPS) is 24.8. The zero-order chi connectivity index (χ0) is 14.2. The molecule has 1 aliphatic rings. The van der Waals surface area contributed by atoms with Crippen molar-refractivity contribution in [2.45, 2.75) is 58.7 Å². The van der Waals surface area contributed by atoms with Gasteiger partial charge >= 0.3 is 0 Å². The van der Waals surface area contributed by atoms with E-state index in [2.05, 4.69) is 5.10 Å². The fraction of sp³-hybridized carbons (Fsp3) is 0.714. The van der Waals surface area contributed by atoms with Gasteiger partial charge < -0.3 is 10.0 Å². The van der Waals surface area contributed by atoms with Crippen LogP contribution >= 0.6 is 0 Å². The molecule has 0 aromatic carbocycles. The first-order valence-corrected chi connectivity index (χ1v) is 6.88. The first-order valence-electron chi connectivity index (χ1n) is 6.88. The Morgan fingerprint density at radius 3 is 2.74 bits per heavy atom. The number of hydrogen-bond acceptors (Lipinski definition) is 3. The third-order valence-corrected chi connectivity index (χ3v) is 3.81. The first-order chi connectivity index (χ1) is 8.88. The molecule has 1 amide bonds. The quantitative estimate of drug-likeness (QED) is 0.899. The minimum Gasteiger partial charge on any atom is -0.391 e. The predicted molar refractivity (Wildman–Crippen MR) is 72.8 cm³/mol. The van der Waals surface area contributed by atoms with Crippen molar-refractivity contribution >= 4 is 5.91 Å². The summed E-state index contributed by atoms with van der Waals surface area (Å²) in [6, 6.07) is 2.20. The Bertz CT molecular complexity index is 469. The number of hydrogen-bond donors (Lipinski definition) is 1. The van der Waals surface area contributed by atoms with E-state index in [4.69, 9.17) is 0 Å². The first kappa shape index (κ1) is 14.1. The van der Waals surface area contributed by atoms with Gasteiger partial charge in [-0.1, -0.05) is 0 Å². The standard InChI is InChI=1S/C14H23N3O2/c1-9-5-11(3)17(15-9)12(4)7-14(19)16-8-13(18)6-10(16)2/h5,10,12-13,18H,6-8H2,1-4H3. The minimum absolute atomic E-state index is 0.0474. The van der Waals surface area contributed by atoms with E-state index in [-0.39, 0.29) is 24.1 Å². The molecule has 0 spiro atoms. The van der Waals surface area contributed by atoms with E-state index in [0.717, 1.165) is 11.4 Å². The second-order valence-electron chi connectivity index (χ2n) is 5.71. The summed E-state index contributed by atoms with van der Waals surface area (Å²) in [6.45, 7) is 8.42. The topological polar surface area (TPSA) is 58.4 Å². The fourth-order valence-corrected chi connectivity index (χ4v) is 2.90. The van der Waals surface area contributed by atoms with Gasteiger partial charge in [0.2, 0.25) is 5.91 Å². The zero-order valence-corrected chi connectivity index (χ0v) is 12.1. The average Bonchev–Trinajstić information content (AvgIpc) is 2.81. The molecule has 1 N–H and O–H groups in total. The molecule has 1 aromatic heterocycles. The summed E-state index contributed by atoms with van der Waals surface area (Å²) >= 11 is 0. The van der Waals surface area contributed by atoms with Gasteiger partial charge in [-0.2, -0.15) is 5.10 Å². The Hall–Kier alpha value is -1.36. The molecule has 5 nitrogen and oxygen atoms in total. The van der Waals surface area contributed by atoms with Crippen LogP contribution in [0, 0.1) is 13.8 Å². The van der Waals surface area contributed by atoms with Crippen molar-refractivity contribution in [2.75, 3.05) is 6.54 Å². The van der Waals surface area contributed by atoms with E-state index in [1.807, 2.05) is 38.4 Å². The van der Waals surface area contributed by atoms with Gasteiger partial charge in [0, 0.05) is 24.7 Å². The summed E-state index contributed by atoms with van der Waals surface area (Å²) in [6.07, 6.45) is 0.738. The van der Waals surface area contributed by atoms with E-state index in [9.17, 15) is 9.90 Å². The smallest absolute Gasteiger partial charge is 0.225 e. The maximum atomic E-state index is 12.3. The number of aliphatic hydroxyl groups is 1. The number of nitrogens with zero attached hydrogens (tertiary/aromatic N) is 3. The lowest BCUT2D eigenvalue weighted by Crippen LogP contribution is -2.35. The highest BCUT2D eigenvalue weighted by molar-refractivity contribution is 5.77. The monoisotopic (exact) mass is 265 g/mol. The van der Waals surface area contributed by atoms with Crippen LogP contribution in [-0.2, 0) is 4.79 Å². The molecule has 5 heteroatoms. The van der Waals surface area contributed by atoms with Crippen LogP contribution in [0.1, 0.15) is 44.1 Å². The third-order valence-electron chi connectivity index (χ3n) is 3.81. The largest absolute Gasteiger partial charge is 0.391 e. The van der Waals surface area contributed by atoms with Crippen LogP contribution in [0.2, 0.25) is 0 Å². The van der Waals surface area contributed by atoms with Crippen molar-refractivity contribution < 1.29 is 9.90 Å². The van der Waals surface area contributed by atoms with Crippen LogP contribution in [0.4, 0.5) is 0 Å². The number of aliphatic hydroxyl groups excluding tert-OH is 1. The summed E-state index contributed by atoms with van der Waals surface area (Å²) < 4.78 is 1.91. The number of β-amino-alcohol motifs (C(OH)–C–C–N with tert-alkyl or cyclic N) is 1. The molecule has 1 aliphatic heterocycles. The Balaban J connectivity index is 2.01. The van der Waals surface area contributed by atoms with Crippen LogP contribution in [0.5, 0.6) is 0 Å². The summed E-state index contributed by atoms with van der Waals surface area (Å²) in [5.41, 5.74) is 2.05. The maximum Gasteiger partial charge on any atom is 0.225 e. The van der Waals surface area contributed by atoms with Crippen LogP contribution in [0.25, 0.3) is 0 Å². The highest BCUT2D eigenvalue weighted by atomic mass is 16.3. The second-order valence-corrected chi connectivity index (χ2v) is 5.71. The lowest BCUT2D eigenvalue weighted by atomic mass is 10.2. The van der Waals surface area contributed by atoms with E-state index in [1.54, 1.807) is 4.90 Å². The predicted octanol–water partition coefficient (Wildman–Crippen LogP) is 1.43. The van der Waals surface area contributed by atoms with Gasteiger partial charge in [0.25, 0.3) is 0 Å². The molecular weight excluding hydrogens is 242 g/mol. The Labute approximate surface area is 114 Å². The van der Waals surface area contributed by atoms with Gasteiger partial charge in [0.1, 0.15) is 0 Å². The molecule has 106 valence electrons. The lowest BCUT2D eigenvalue weighted by molar-refractivity contribution is -0.132. The Morgan fingerprint density at radius 2 is 2.26 bits per heavy atom. The van der Waals surface area contributed by atoms with Gasteiger partial charge in [0.15, 0.2) is 0 Å². The number of aryl methyl sites for hydroxylation is 2. The lowest BCUT2D eigenvalue weighted by Gasteiger charge is -2.23. The van der Waals surface area contributed by atoms with E-state index in [1.165, 1.54) is 0 Å². The molecule has 3 unspecified atom stereocenters. The zero-order valence-electron chi connectivity index (χ0n) is 12.1. The number of amides is 1. The van der Waals surface area contributed by atoms with Crippen molar-refractivity contribution in [1.82, 2.24) is 14.7 Å². The van der Waals surface area contributed by atoms with Crippen molar-refractivity contribution in [3.8, 4) is 0 Å². The van der Waals surface area contributed by atoms with E-state index >= 15 is 0 Å². The number of carbonyl (C=O) groups is 1. The van der Waals surface area contributed by atoms with Crippen molar-refractivity contribution in [2.24, 2.45) is 0 Å². The van der Waals surface area contributed by atoms with E-state index in [0.29, 0.717) is 19.4 Å². The maximum absolute atomic E-state index is 12.3.